The predicted octanol–water partition coefficient (Wildman–Crippen LogP) is 3.79. The third-order valence-corrected chi connectivity index (χ3v) is 4.76. The van der Waals surface area contributed by atoms with Gasteiger partial charge in [-0.3, -0.25) is 9.59 Å². The second-order valence-corrected chi connectivity index (χ2v) is 7.10. The molecule has 0 saturated carbocycles. The minimum atomic E-state index is -0.161. The number of nitrogens with one attached hydrogen (secondary N) is 3. The van der Waals surface area contributed by atoms with Crippen LogP contribution >= 0.6 is 28.3 Å². The van der Waals surface area contributed by atoms with Crippen LogP contribution in [0.5, 0.6) is 0 Å². The number of hydrogen-bond acceptors (Lipinski definition) is 3. The van der Waals surface area contributed by atoms with Gasteiger partial charge in [-0.05, 0) is 56.0 Å². The summed E-state index contributed by atoms with van der Waals surface area (Å²) in [6, 6.07) is 5.41. The van der Waals surface area contributed by atoms with Crippen molar-refractivity contribution in [2.45, 2.75) is 33.1 Å². The lowest BCUT2D eigenvalue weighted by Gasteiger charge is -2.28. The first-order valence-corrected chi connectivity index (χ1v) is 8.82. The van der Waals surface area contributed by atoms with Crippen molar-refractivity contribution in [1.82, 2.24) is 5.32 Å². The number of hydrogen-bond donors (Lipinski definition) is 3. The first kappa shape index (κ1) is 20.9. The SMILES string of the molecule is CC(=O)Nc1ccc(Br)cc1NC(=O)CC(C)C1CCNCC1.Cl. The molecule has 0 aromatic heterocycles. The van der Waals surface area contributed by atoms with Gasteiger partial charge in [0, 0.05) is 17.8 Å². The van der Waals surface area contributed by atoms with Gasteiger partial charge in [-0.15, -0.1) is 12.4 Å². The average molecular weight is 419 g/mol. The van der Waals surface area contributed by atoms with E-state index in [2.05, 4.69) is 38.8 Å². The van der Waals surface area contributed by atoms with Crippen LogP contribution in [0.1, 0.15) is 33.1 Å². The zero-order valence-electron chi connectivity index (χ0n) is 14.0. The quantitative estimate of drug-likeness (QED) is 0.681. The van der Waals surface area contributed by atoms with Gasteiger partial charge >= 0.3 is 0 Å². The summed E-state index contributed by atoms with van der Waals surface area (Å²) >= 11 is 3.39. The third-order valence-electron chi connectivity index (χ3n) is 4.26. The van der Waals surface area contributed by atoms with E-state index in [0.717, 1.165) is 30.4 Å². The van der Waals surface area contributed by atoms with E-state index in [1.165, 1.54) is 6.92 Å². The highest BCUT2D eigenvalue weighted by Gasteiger charge is 2.22. The van der Waals surface area contributed by atoms with E-state index in [0.29, 0.717) is 29.6 Å². The van der Waals surface area contributed by atoms with E-state index in [4.69, 9.17) is 0 Å². The second-order valence-electron chi connectivity index (χ2n) is 6.19. The fourth-order valence-corrected chi connectivity index (χ4v) is 3.35. The van der Waals surface area contributed by atoms with Gasteiger partial charge in [-0.1, -0.05) is 22.9 Å². The standard InChI is InChI=1S/C17H24BrN3O2.ClH/c1-11(13-5-7-19-8-6-13)9-17(23)21-16-10-14(18)3-4-15(16)20-12(2)22;/h3-4,10-11,13,19H,5-9H2,1-2H3,(H,20,22)(H,21,23);1H. The largest absolute Gasteiger partial charge is 0.325 e. The van der Waals surface area contributed by atoms with Gasteiger partial charge in [-0.25, -0.2) is 0 Å². The fourth-order valence-electron chi connectivity index (χ4n) is 2.99. The zero-order valence-corrected chi connectivity index (χ0v) is 16.4. The molecule has 0 bridgehead atoms. The molecule has 0 radical (unpaired) electrons. The molecule has 1 aliphatic heterocycles. The number of halogens is 2. The number of amides is 2. The number of piperidine rings is 1. The summed E-state index contributed by atoms with van der Waals surface area (Å²) in [6.45, 7) is 5.67. The maximum Gasteiger partial charge on any atom is 0.224 e. The Hall–Kier alpha value is -1.11. The fraction of sp³-hybridized carbons (Fsp3) is 0.529. The first-order valence-electron chi connectivity index (χ1n) is 8.03. The van der Waals surface area contributed by atoms with Crippen LogP contribution in [0, 0.1) is 11.8 Å². The number of carbonyl (C=O) groups excluding carboxylic acids is 2. The summed E-state index contributed by atoms with van der Waals surface area (Å²) < 4.78 is 0.855. The molecule has 1 heterocycles. The summed E-state index contributed by atoms with van der Waals surface area (Å²) in [5, 5.41) is 9.02. The van der Waals surface area contributed by atoms with Crippen LogP contribution < -0.4 is 16.0 Å². The molecule has 1 aromatic carbocycles. The van der Waals surface area contributed by atoms with Gasteiger partial charge in [0.05, 0.1) is 11.4 Å². The van der Waals surface area contributed by atoms with E-state index in [9.17, 15) is 9.59 Å². The molecule has 1 atom stereocenters. The molecule has 2 amide bonds. The highest BCUT2D eigenvalue weighted by molar-refractivity contribution is 9.10. The molecule has 1 fully saturated rings. The molecule has 24 heavy (non-hydrogen) atoms. The van der Waals surface area contributed by atoms with Crippen molar-refractivity contribution in [1.29, 1.82) is 0 Å². The van der Waals surface area contributed by atoms with Gasteiger partial charge in [-0.2, -0.15) is 0 Å². The highest BCUT2D eigenvalue weighted by Crippen LogP contribution is 2.28. The number of rotatable bonds is 5. The van der Waals surface area contributed by atoms with Crippen molar-refractivity contribution >= 4 is 51.5 Å². The minimum Gasteiger partial charge on any atom is -0.325 e. The lowest BCUT2D eigenvalue weighted by molar-refractivity contribution is -0.117. The molecular formula is C17H25BrClN3O2. The molecule has 1 saturated heterocycles. The molecule has 3 N–H and O–H groups in total. The Morgan fingerprint density at radius 3 is 2.54 bits per heavy atom. The third kappa shape index (κ3) is 6.42. The van der Waals surface area contributed by atoms with Gasteiger partial charge in [0.1, 0.15) is 0 Å². The summed E-state index contributed by atoms with van der Waals surface area (Å²) in [5.41, 5.74) is 1.24. The average Bonchev–Trinajstić information content (AvgIpc) is 2.50. The summed E-state index contributed by atoms with van der Waals surface area (Å²) in [5.74, 6) is 0.777. The van der Waals surface area contributed by atoms with Crippen molar-refractivity contribution in [3.05, 3.63) is 22.7 Å². The Balaban J connectivity index is 0.00000288. The topological polar surface area (TPSA) is 70.2 Å². The van der Waals surface area contributed by atoms with E-state index in [1.54, 1.807) is 12.1 Å². The van der Waals surface area contributed by atoms with Crippen molar-refractivity contribution in [2.75, 3.05) is 23.7 Å². The van der Waals surface area contributed by atoms with Crippen molar-refractivity contribution in [3.63, 3.8) is 0 Å². The van der Waals surface area contributed by atoms with E-state index in [-0.39, 0.29) is 24.2 Å². The molecule has 5 nitrogen and oxygen atoms in total. The van der Waals surface area contributed by atoms with Crippen molar-refractivity contribution < 1.29 is 9.59 Å². The molecule has 7 heteroatoms. The highest BCUT2D eigenvalue weighted by atomic mass is 79.9. The Kier molecular flexibility index (Phi) is 8.73. The van der Waals surface area contributed by atoms with Crippen LogP contribution in [0.3, 0.4) is 0 Å². The normalized spacial score (nSPS) is 16.0. The van der Waals surface area contributed by atoms with Gasteiger partial charge in [0.2, 0.25) is 11.8 Å². The summed E-state index contributed by atoms with van der Waals surface area (Å²) in [6.07, 6.45) is 2.75. The Labute approximate surface area is 157 Å². The maximum atomic E-state index is 12.4. The smallest absolute Gasteiger partial charge is 0.224 e. The number of benzene rings is 1. The maximum absolute atomic E-state index is 12.4. The van der Waals surface area contributed by atoms with Crippen LogP contribution in [0.25, 0.3) is 0 Å². The van der Waals surface area contributed by atoms with Gasteiger partial charge in [0.25, 0.3) is 0 Å². The molecule has 0 spiro atoms. The minimum absolute atomic E-state index is 0. The lowest BCUT2D eigenvalue weighted by atomic mass is 9.84. The zero-order chi connectivity index (χ0) is 16.8. The van der Waals surface area contributed by atoms with Crippen LogP contribution in [0.15, 0.2) is 22.7 Å². The Bertz CT molecular complexity index is 577. The molecule has 1 aromatic rings. The predicted molar refractivity (Wildman–Crippen MR) is 104 cm³/mol. The molecule has 134 valence electrons. The first-order chi connectivity index (χ1) is 11.0. The van der Waals surface area contributed by atoms with Gasteiger partial charge in [0.15, 0.2) is 0 Å². The lowest BCUT2D eigenvalue weighted by Crippen LogP contribution is -2.32. The van der Waals surface area contributed by atoms with E-state index in [1.807, 2.05) is 6.07 Å². The molecule has 1 aliphatic rings. The molecular weight excluding hydrogens is 394 g/mol. The molecule has 0 aliphatic carbocycles. The van der Waals surface area contributed by atoms with E-state index >= 15 is 0 Å². The monoisotopic (exact) mass is 417 g/mol. The Morgan fingerprint density at radius 1 is 1.25 bits per heavy atom. The van der Waals surface area contributed by atoms with E-state index < -0.39 is 0 Å². The van der Waals surface area contributed by atoms with Crippen molar-refractivity contribution in [3.8, 4) is 0 Å². The van der Waals surface area contributed by atoms with Gasteiger partial charge < -0.3 is 16.0 Å². The van der Waals surface area contributed by atoms with Crippen LogP contribution in [-0.2, 0) is 9.59 Å². The van der Waals surface area contributed by atoms with Crippen LogP contribution in [-0.4, -0.2) is 24.9 Å². The van der Waals surface area contributed by atoms with Crippen molar-refractivity contribution in [2.24, 2.45) is 11.8 Å². The summed E-state index contributed by atoms with van der Waals surface area (Å²) in [7, 11) is 0. The van der Waals surface area contributed by atoms with Crippen LogP contribution in [0.2, 0.25) is 0 Å². The second kappa shape index (κ2) is 10.0. The molecule has 2 rings (SSSR count). The summed E-state index contributed by atoms with van der Waals surface area (Å²) in [4.78, 5) is 23.6. The number of anilines is 2. The molecule has 1 unspecified atom stereocenters. The van der Waals surface area contributed by atoms with Crippen LogP contribution in [0.4, 0.5) is 11.4 Å². The number of carbonyl (C=O) groups is 2. The Morgan fingerprint density at radius 2 is 1.92 bits per heavy atom.